The summed E-state index contributed by atoms with van der Waals surface area (Å²) in [7, 11) is 0. The Bertz CT molecular complexity index is 1350. The lowest BCUT2D eigenvalue weighted by molar-refractivity contribution is 0.102. The summed E-state index contributed by atoms with van der Waals surface area (Å²) < 4.78 is 10.7. The van der Waals surface area contributed by atoms with E-state index < -0.39 is 0 Å². The third kappa shape index (κ3) is 6.10. The summed E-state index contributed by atoms with van der Waals surface area (Å²) in [5.74, 6) is 0.219. The van der Waals surface area contributed by atoms with Crippen LogP contribution in [0, 0.1) is 0 Å². The summed E-state index contributed by atoms with van der Waals surface area (Å²) in [6, 6.07) is 23.4. The second kappa shape index (κ2) is 11.9. The zero-order valence-corrected chi connectivity index (χ0v) is 21.2. The Morgan fingerprint density at radius 1 is 0.605 bits per heavy atom. The van der Waals surface area contributed by atoms with Gasteiger partial charge in [-0.15, -0.1) is 0 Å². The van der Waals surface area contributed by atoms with Crippen molar-refractivity contribution in [3.05, 3.63) is 118 Å². The third-order valence-corrected chi connectivity index (χ3v) is 5.86. The zero-order chi connectivity index (χ0) is 27.1. The van der Waals surface area contributed by atoms with Crippen LogP contribution in [0.15, 0.2) is 84.9 Å². The van der Waals surface area contributed by atoms with Crippen molar-refractivity contribution in [2.75, 3.05) is 13.2 Å². The quantitative estimate of drug-likeness (QED) is 0.187. The molecule has 192 valence electrons. The van der Waals surface area contributed by atoms with Crippen LogP contribution in [-0.4, -0.2) is 35.0 Å². The van der Waals surface area contributed by atoms with Gasteiger partial charge in [-0.05, 0) is 49.2 Å². The Hall–Kier alpha value is -4.84. The van der Waals surface area contributed by atoms with Gasteiger partial charge in [0.15, 0.2) is 11.6 Å². The highest BCUT2D eigenvalue weighted by molar-refractivity contribution is 6.11. The van der Waals surface area contributed by atoms with E-state index in [2.05, 4.69) is 0 Å². The predicted octanol–water partition coefficient (Wildman–Crippen LogP) is 6.53. The van der Waals surface area contributed by atoms with Crippen molar-refractivity contribution in [2.45, 2.75) is 13.8 Å². The van der Waals surface area contributed by atoms with E-state index in [4.69, 9.17) is 9.47 Å². The summed E-state index contributed by atoms with van der Waals surface area (Å²) in [6.07, 6.45) is 3.80. The van der Waals surface area contributed by atoms with Crippen molar-refractivity contribution in [3.8, 4) is 23.0 Å². The third-order valence-electron chi connectivity index (χ3n) is 5.86. The fourth-order valence-electron chi connectivity index (χ4n) is 3.91. The number of phenols is 2. The molecule has 0 aromatic heterocycles. The van der Waals surface area contributed by atoms with E-state index in [-0.39, 0.29) is 34.2 Å². The first kappa shape index (κ1) is 26.2. The molecule has 0 aliphatic heterocycles. The van der Waals surface area contributed by atoms with Crippen LogP contribution in [0.4, 0.5) is 0 Å². The number of hydrogen-bond donors (Lipinski definition) is 2. The molecule has 0 unspecified atom stereocenters. The number of hydrogen-bond acceptors (Lipinski definition) is 6. The molecule has 0 atom stereocenters. The standard InChI is InChI=1S/C32H28O6/c1-3-37-25-15-17-27(29(33)19-25)31(35)23-11-7-21(8-12-23)5-6-22-9-13-24(14-10-22)32(36)28-18-16-26(38-4-2)20-30(28)34/h5-20,33-34H,3-4H2,1-2H3/b6-5+. The molecule has 4 rings (SSSR count). The molecule has 0 saturated heterocycles. The number of rotatable bonds is 10. The molecule has 0 aliphatic carbocycles. The van der Waals surface area contributed by atoms with E-state index >= 15 is 0 Å². The molecule has 0 aliphatic rings. The zero-order valence-electron chi connectivity index (χ0n) is 21.2. The molecule has 6 nitrogen and oxygen atoms in total. The second-order valence-electron chi connectivity index (χ2n) is 8.46. The summed E-state index contributed by atoms with van der Waals surface area (Å²) in [5, 5.41) is 20.5. The SMILES string of the molecule is CCOc1ccc(C(=O)c2ccc(/C=C/c3ccc(C(=O)c4ccc(OCC)cc4O)cc3)cc2)c(O)c1. The van der Waals surface area contributed by atoms with Gasteiger partial charge in [0, 0.05) is 23.3 Å². The highest BCUT2D eigenvalue weighted by Gasteiger charge is 2.15. The predicted molar refractivity (Wildman–Crippen MR) is 147 cm³/mol. The van der Waals surface area contributed by atoms with Gasteiger partial charge in [0.25, 0.3) is 0 Å². The van der Waals surface area contributed by atoms with Crippen LogP contribution >= 0.6 is 0 Å². The topological polar surface area (TPSA) is 93.1 Å². The minimum atomic E-state index is -0.278. The average molecular weight is 509 g/mol. The van der Waals surface area contributed by atoms with Crippen LogP contribution in [0.25, 0.3) is 12.2 Å². The summed E-state index contributed by atoms with van der Waals surface area (Å²) in [5.41, 5.74) is 3.12. The lowest BCUT2D eigenvalue weighted by Gasteiger charge is -2.08. The smallest absolute Gasteiger partial charge is 0.196 e. The van der Waals surface area contributed by atoms with E-state index in [0.29, 0.717) is 35.8 Å². The van der Waals surface area contributed by atoms with Crippen molar-refractivity contribution < 1.29 is 29.3 Å². The minimum absolute atomic E-state index is 0.121. The van der Waals surface area contributed by atoms with Crippen LogP contribution < -0.4 is 9.47 Å². The van der Waals surface area contributed by atoms with Gasteiger partial charge in [0.2, 0.25) is 0 Å². The molecule has 2 N–H and O–H groups in total. The first-order valence-electron chi connectivity index (χ1n) is 12.3. The van der Waals surface area contributed by atoms with E-state index in [1.807, 2.05) is 50.3 Å². The van der Waals surface area contributed by atoms with Crippen molar-refractivity contribution >= 4 is 23.7 Å². The van der Waals surface area contributed by atoms with E-state index in [1.165, 1.54) is 12.1 Å². The Balaban J connectivity index is 1.42. The van der Waals surface area contributed by atoms with Crippen LogP contribution in [0.3, 0.4) is 0 Å². The van der Waals surface area contributed by atoms with Crippen molar-refractivity contribution in [2.24, 2.45) is 0 Å². The molecule has 0 amide bonds. The lowest BCUT2D eigenvalue weighted by atomic mass is 10.00. The van der Waals surface area contributed by atoms with Crippen LogP contribution in [0.5, 0.6) is 23.0 Å². The highest BCUT2D eigenvalue weighted by Crippen LogP contribution is 2.27. The van der Waals surface area contributed by atoms with Crippen LogP contribution in [0.2, 0.25) is 0 Å². The molecule has 0 fully saturated rings. The van der Waals surface area contributed by atoms with E-state index in [9.17, 15) is 19.8 Å². The fraction of sp³-hybridized carbons (Fsp3) is 0.125. The fourth-order valence-corrected chi connectivity index (χ4v) is 3.91. The van der Waals surface area contributed by atoms with Crippen molar-refractivity contribution in [3.63, 3.8) is 0 Å². The van der Waals surface area contributed by atoms with Gasteiger partial charge in [-0.3, -0.25) is 9.59 Å². The van der Waals surface area contributed by atoms with Gasteiger partial charge in [0.05, 0.1) is 24.3 Å². The lowest BCUT2D eigenvalue weighted by Crippen LogP contribution is -2.02. The van der Waals surface area contributed by atoms with Gasteiger partial charge >= 0.3 is 0 Å². The van der Waals surface area contributed by atoms with E-state index in [1.54, 1.807) is 48.5 Å². The number of ketones is 2. The first-order chi connectivity index (χ1) is 18.4. The second-order valence-corrected chi connectivity index (χ2v) is 8.46. The molecule has 38 heavy (non-hydrogen) atoms. The minimum Gasteiger partial charge on any atom is -0.507 e. The molecule has 6 heteroatoms. The number of carbonyl (C=O) groups is 2. The Morgan fingerprint density at radius 3 is 1.29 bits per heavy atom. The molecular weight excluding hydrogens is 480 g/mol. The molecule has 4 aromatic rings. The maximum Gasteiger partial charge on any atom is 0.196 e. The van der Waals surface area contributed by atoms with Gasteiger partial charge in [-0.1, -0.05) is 60.7 Å². The Labute approximate surface area is 221 Å². The maximum atomic E-state index is 12.8. The van der Waals surface area contributed by atoms with Gasteiger partial charge < -0.3 is 19.7 Å². The molecule has 4 aromatic carbocycles. The largest absolute Gasteiger partial charge is 0.507 e. The summed E-state index contributed by atoms with van der Waals surface area (Å²) in [6.45, 7) is 4.63. The first-order valence-corrected chi connectivity index (χ1v) is 12.3. The number of carbonyl (C=O) groups excluding carboxylic acids is 2. The van der Waals surface area contributed by atoms with Crippen LogP contribution in [0.1, 0.15) is 56.8 Å². The number of aromatic hydroxyl groups is 2. The van der Waals surface area contributed by atoms with Gasteiger partial charge in [0.1, 0.15) is 23.0 Å². The molecule has 0 spiro atoms. The molecule has 0 radical (unpaired) electrons. The number of benzene rings is 4. The normalized spacial score (nSPS) is 10.9. The van der Waals surface area contributed by atoms with Crippen LogP contribution in [-0.2, 0) is 0 Å². The number of phenolic OH excluding ortho intramolecular Hbond substituents is 2. The monoisotopic (exact) mass is 508 g/mol. The van der Waals surface area contributed by atoms with Gasteiger partial charge in [-0.2, -0.15) is 0 Å². The Kier molecular flexibility index (Phi) is 8.23. The molecule has 0 bridgehead atoms. The molecule has 0 heterocycles. The molecular formula is C32H28O6. The average Bonchev–Trinajstić information content (AvgIpc) is 2.92. The highest BCUT2D eigenvalue weighted by atomic mass is 16.5. The summed E-state index contributed by atoms with van der Waals surface area (Å²) >= 11 is 0. The van der Waals surface area contributed by atoms with Crippen molar-refractivity contribution in [1.29, 1.82) is 0 Å². The molecule has 0 saturated carbocycles. The van der Waals surface area contributed by atoms with Gasteiger partial charge in [-0.25, -0.2) is 0 Å². The van der Waals surface area contributed by atoms with Crippen molar-refractivity contribution in [1.82, 2.24) is 0 Å². The summed E-state index contributed by atoms with van der Waals surface area (Å²) in [4.78, 5) is 25.6. The number of ether oxygens (including phenoxy) is 2. The maximum absolute atomic E-state index is 12.8. The van der Waals surface area contributed by atoms with E-state index in [0.717, 1.165) is 11.1 Å². The Morgan fingerprint density at radius 2 is 0.974 bits per heavy atom.